The third-order valence-electron chi connectivity index (χ3n) is 3.98. The number of benzene rings is 1. The maximum Gasteiger partial charge on any atom is 0.247 e. The Labute approximate surface area is 186 Å². The van der Waals surface area contributed by atoms with Gasteiger partial charge in [0, 0.05) is 29.2 Å². The number of hydrogen-bond acceptors (Lipinski definition) is 4. The quantitative estimate of drug-likeness (QED) is 0.479. The topological polar surface area (TPSA) is 66.7 Å². The van der Waals surface area contributed by atoms with Crippen LogP contribution in [0.15, 0.2) is 35.9 Å². The first-order valence-electron chi connectivity index (χ1n) is 8.72. The van der Waals surface area contributed by atoms with Crippen molar-refractivity contribution < 1.29 is 9.59 Å². The van der Waals surface area contributed by atoms with Gasteiger partial charge in [-0.2, -0.15) is 0 Å². The summed E-state index contributed by atoms with van der Waals surface area (Å²) < 4.78 is 1.80. The Kier molecular flexibility index (Phi) is 7.18. The van der Waals surface area contributed by atoms with Gasteiger partial charge in [0.25, 0.3) is 0 Å². The number of carbonyl (C=O) groups excluding carboxylic acids is 2. The highest BCUT2D eigenvalue weighted by atomic mass is 35.5. The van der Waals surface area contributed by atoms with Crippen LogP contribution in [-0.4, -0.2) is 39.2 Å². The van der Waals surface area contributed by atoms with E-state index >= 15 is 0 Å². The molecule has 0 saturated carbocycles. The average molecular weight is 472 g/mol. The second-order valence-electron chi connectivity index (χ2n) is 6.11. The summed E-state index contributed by atoms with van der Waals surface area (Å²) in [4.78, 5) is 31.5. The molecule has 0 unspecified atom stereocenters. The van der Waals surface area contributed by atoms with Crippen LogP contribution in [0.4, 0.5) is 5.69 Å². The first-order valence-corrected chi connectivity index (χ1v) is 10.7. The molecule has 1 N–H and O–H groups in total. The lowest BCUT2D eigenvalue weighted by Crippen LogP contribution is -2.37. The minimum absolute atomic E-state index is 0.107. The predicted molar refractivity (Wildman–Crippen MR) is 119 cm³/mol. The first kappa shape index (κ1) is 21.6. The van der Waals surface area contributed by atoms with Gasteiger partial charge in [-0.25, -0.2) is 4.98 Å². The number of nitrogens with zero attached hydrogens (tertiary/aromatic N) is 3. The van der Waals surface area contributed by atoms with Crippen LogP contribution >= 0.6 is 46.1 Å². The van der Waals surface area contributed by atoms with Gasteiger partial charge in [0.2, 0.25) is 11.8 Å². The fraction of sp³-hybridized carbons (Fsp3) is 0.211. The van der Waals surface area contributed by atoms with Gasteiger partial charge in [-0.05, 0) is 30.7 Å². The van der Waals surface area contributed by atoms with Crippen molar-refractivity contribution in [2.45, 2.75) is 13.3 Å². The zero-order valence-corrected chi connectivity index (χ0v) is 18.4. The van der Waals surface area contributed by atoms with E-state index in [2.05, 4.69) is 10.3 Å². The number of amides is 2. The minimum atomic E-state index is -0.355. The Balaban J connectivity index is 1.69. The predicted octanol–water partition coefficient (Wildman–Crippen LogP) is 5.25. The summed E-state index contributed by atoms with van der Waals surface area (Å²) in [5.41, 5.74) is 1.05. The van der Waals surface area contributed by atoms with Crippen molar-refractivity contribution in [1.82, 2.24) is 14.3 Å². The third kappa shape index (κ3) is 5.30. The molecule has 3 rings (SSSR count). The molecule has 0 aliphatic rings. The van der Waals surface area contributed by atoms with Crippen LogP contribution < -0.4 is 5.32 Å². The number of fused-ring (bicyclic) bond motifs is 1. The van der Waals surface area contributed by atoms with Crippen LogP contribution in [0.1, 0.15) is 19.0 Å². The molecule has 0 atom stereocenters. The van der Waals surface area contributed by atoms with E-state index in [9.17, 15) is 9.59 Å². The maximum atomic E-state index is 12.7. The van der Waals surface area contributed by atoms with E-state index in [-0.39, 0.29) is 18.4 Å². The molecule has 2 heterocycles. The molecule has 0 aliphatic carbocycles. The van der Waals surface area contributed by atoms with E-state index in [4.69, 9.17) is 34.8 Å². The lowest BCUT2D eigenvalue weighted by Gasteiger charge is -2.20. The van der Waals surface area contributed by atoms with Gasteiger partial charge in [-0.1, -0.05) is 41.7 Å². The Morgan fingerprint density at radius 2 is 2.10 bits per heavy atom. The monoisotopic (exact) mass is 470 g/mol. The highest BCUT2D eigenvalue weighted by Crippen LogP contribution is 2.25. The zero-order chi connectivity index (χ0) is 21.0. The summed E-state index contributed by atoms with van der Waals surface area (Å²) in [5.74, 6) is -0.655. The van der Waals surface area contributed by atoms with Crippen LogP contribution in [0.25, 0.3) is 11.0 Å². The average Bonchev–Trinajstić information content (AvgIpc) is 3.22. The molecule has 3 aromatic rings. The summed E-state index contributed by atoms with van der Waals surface area (Å²) in [7, 11) is 0. The minimum Gasteiger partial charge on any atom is -0.330 e. The highest BCUT2D eigenvalue weighted by Gasteiger charge is 2.16. The first-order chi connectivity index (χ1) is 13.9. The van der Waals surface area contributed by atoms with E-state index in [1.165, 1.54) is 28.4 Å². The van der Waals surface area contributed by atoms with E-state index in [1.807, 2.05) is 18.5 Å². The molecule has 6 nitrogen and oxygen atoms in total. The Hall–Kier alpha value is -2.06. The normalized spacial score (nSPS) is 11.3. The second-order valence-corrected chi connectivity index (χ2v) is 8.18. The van der Waals surface area contributed by atoms with Gasteiger partial charge in [0.1, 0.15) is 6.54 Å². The van der Waals surface area contributed by atoms with Crippen LogP contribution in [0, 0.1) is 0 Å². The largest absolute Gasteiger partial charge is 0.330 e. The molecule has 10 heteroatoms. The zero-order valence-electron chi connectivity index (χ0n) is 15.4. The van der Waals surface area contributed by atoms with Crippen LogP contribution in [0.3, 0.4) is 0 Å². The summed E-state index contributed by atoms with van der Waals surface area (Å²) in [6, 6.07) is 4.78. The second kappa shape index (κ2) is 9.63. The van der Waals surface area contributed by atoms with Crippen molar-refractivity contribution in [3.63, 3.8) is 0 Å². The molecule has 0 bridgehead atoms. The molecular formula is C19H17Cl3N4O2S. The lowest BCUT2D eigenvalue weighted by atomic mass is 10.3. The third-order valence-corrected chi connectivity index (χ3v) is 5.57. The van der Waals surface area contributed by atoms with Gasteiger partial charge < -0.3 is 10.2 Å². The van der Waals surface area contributed by atoms with Crippen molar-refractivity contribution in [3.8, 4) is 0 Å². The molecule has 152 valence electrons. The van der Waals surface area contributed by atoms with Crippen LogP contribution in [0.5, 0.6) is 0 Å². The number of anilines is 1. The molecule has 0 saturated heterocycles. The maximum absolute atomic E-state index is 12.7. The summed E-state index contributed by atoms with van der Waals surface area (Å²) >= 11 is 19.5. The Morgan fingerprint density at radius 3 is 2.83 bits per heavy atom. The fourth-order valence-electron chi connectivity index (χ4n) is 2.67. The molecule has 29 heavy (non-hydrogen) atoms. The Morgan fingerprint density at radius 1 is 1.31 bits per heavy atom. The van der Waals surface area contributed by atoms with Crippen LogP contribution in [-0.2, 0) is 9.59 Å². The van der Waals surface area contributed by atoms with E-state index < -0.39 is 0 Å². The summed E-state index contributed by atoms with van der Waals surface area (Å²) in [6.45, 7) is 2.25. The molecular weight excluding hydrogens is 455 g/mol. The molecule has 0 aliphatic heterocycles. The number of carbonyl (C=O) groups is 2. The smallest absolute Gasteiger partial charge is 0.247 e. The summed E-state index contributed by atoms with van der Waals surface area (Å²) in [6.07, 6.45) is 5.53. The van der Waals surface area contributed by atoms with Gasteiger partial charge in [0.05, 0.1) is 16.4 Å². The molecule has 2 amide bonds. The van der Waals surface area contributed by atoms with Crippen molar-refractivity contribution in [1.29, 1.82) is 0 Å². The molecule has 2 aromatic heterocycles. The van der Waals surface area contributed by atoms with E-state index in [0.717, 1.165) is 4.96 Å². The van der Waals surface area contributed by atoms with Gasteiger partial charge in [0.15, 0.2) is 10.1 Å². The molecule has 0 fully saturated rings. The van der Waals surface area contributed by atoms with Crippen molar-refractivity contribution >= 4 is 74.7 Å². The number of nitrogens with one attached hydrogen (secondary N) is 1. The standard InChI is InChI=1S/C19H17Cl3N4O2S/c1-2-7-25(11-16(27)23-14-4-3-12(20)10-13(14)21)17(28)6-5-15-18(22)24-19-26(15)8-9-29-19/h3-6,8-10H,2,7,11H2,1H3,(H,23,27). The highest BCUT2D eigenvalue weighted by molar-refractivity contribution is 7.15. The Bertz CT molecular complexity index is 1080. The number of rotatable bonds is 7. The van der Waals surface area contributed by atoms with Gasteiger partial charge in [-0.15, -0.1) is 11.3 Å². The molecule has 1 aromatic carbocycles. The number of aromatic nitrogens is 2. The van der Waals surface area contributed by atoms with Gasteiger partial charge >= 0.3 is 0 Å². The van der Waals surface area contributed by atoms with Crippen molar-refractivity contribution in [2.75, 3.05) is 18.4 Å². The van der Waals surface area contributed by atoms with Crippen LogP contribution in [0.2, 0.25) is 15.2 Å². The van der Waals surface area contributed by atoms with Gasteiger partial charge in [-0.3, -0.25) is 14.0 Å². The van der Waals surface area contributed by atoms with Crippen molar-refractivity contribution in [3.05, 3.63) is 56.7 Å². The number of imidazole rings is 1. The SMILES string of the molecule is CCCN(CC(=O)Nc1ccc(Cl)cc1Cl)C(=O)C=Cc1c(Cl)nc2sccn12. The van der Waals surface area contributed by atoms with E-state index in [1.54, 1.807) is 22.6 Å². The number of thiazole rings is 1. The van der Waals surface area contributed by atoms with Crippen molar-refractivity contribution in [2.24, 2.45) is 0 Å². The molecule has 0 spiro atoms. The fourth-order valence-corrected chi connectivity index (χ4v) is 4.13. The lowest BCUT2D eigenvalue weighted by molar-refractivity contribution is -0.130. The van der Waals surface area contributed by atoms with E-state index in [0.29, 0.717) is 39.5 Å². The number of halogens is 3. The molecule has 0 radical (unpaired) electrons. The summed E-state index contributed by atoms with van der Waals surface area (Å²) in [5, 5.41) is 5.70. The number of hydrogen-bond donors (Lipinski definition) is 1.